The van der Waals surface area contributed by atoms with E-state index in [2.05, 4.69) is 28.2 Å². The highest BCUT2D eigenvalue weighted by atomic mass is 35.5. The van der Waals surface area contributed by atoms with Crippen molar-refractivity contribution in [2.45, 2.75) is 20.3 Å². The molecule has 0 heterocycles. The van der Waals surface area contributed by atoms with Gasteiger partial charge in [-0.1, -0.05) is 6.92 Å². The predicted molar refractivity (Wildman–Crippen MR) is 58.1 cm³/mol. The van der Waals surface area contributed by atoms with Gasteiger partial charge in [-0.3, -0.25) is 9.59 Å². The van der Waals surface area contributed by atoms with Crippen LogP contribution >= 0.6 is 0 Å². The van der Waals surface area contributed by atoms with Crippen LogP contribution in [0.25, 0.3) is 0 Å². The van der Waals surface area contributed by atoms with E-state index >= 15 is 0 Å². The summed E-state index contributed by atoms with van der Waals surface area (Å²) in [4.78, 5) is 20.2. The molecule has 0 bridgehead atoms. The Morgan fingerprint density at radius 1 is 1.07 bits per heavy atom. The molecule has 15 heavy (non-hydrogen) atoms. The molecule has 1 N–H and O–H groups in total. The lowest BCUT2D eigenvalue weighted by atomic mass is 10.2. The zero-order valence-electron chi connectivity index (χ0n) is 10.8. The van der Waals surface area contributed by atoms with Gasteiger partial charge in [0.1, 0.15) is 0 Å². The molecule has 0 radical (unpaired) electrons. The number of Topliss-reactive ketones (excluding diaryl/α,β-unsaturated/α-hetero) is 2. The van der Waals surface area contributed by atoms with Crippen molar-refractivity contribution in [1.82, 2.24) is 0 Å². The predicted octanol–water partition coefficient (Wildman–Crippen LogP) is -2.51. The van der Waals surface area contributed by atoms with Crippen LogP contribution in [-0.2, 0) is 9.59 Å². The lowest BCUT2D eigenvalue weighted by Crippen LogP contribution is -3.00. The smallest absolute Gasteiger partial charge is 0.197 e. The number of aliphatic hydroxyl groups excluding tert-OH is 1. The maximum absolute atomic E-state index is 10.2. The Hall–Kier alpha value is -0.450. The third kappa shape index (κ3) is 58.7. The number of aliphatic hydroxyl groups is 1. The Balaban J connectivity index is -0.0000000675. The molecule has 0 aliphatic rings. The molecule has 0 aliphatic carbocycles. The molecule has 94 valence electrons. The Bertz CT molecular complexity index is 159. The van der Waals surface area contributed by atoms with Crippen LogP contribution in [0.5, 0.6) is 0 Å². The lowest BCUT2D eigenvalue weighted by molar-refractivity contribution is -0.849. The largest absolute Gasteiger partial charge is 1.00 e. The maximum Gasteiger partial charge on any atom is 0.197 e. The summed E-state index contributed by atoms with van der Waals surface area (Å²) in [7, 11) is 9.50. The van der Waals surface area contributed by atoms with Crippen molar-refractivity contribution in [2.24, 2.45) is 0 Å². The van der Waals surface area contributed by atoms with E-state index in [1.54, 1.807) is 6.92 Å². The van der Waals surface area contributed by atoms with Gasteiger partial charge in [0.05, 0.1) is 28.2 Å². The molecular weight excluding hydrogens is 218 g/mol. The minimum absolute atomic E-state index is 0. The van der Waals surface area contributed by atoms with Crippen molar-refractivity contribution in [3.63, 3.8) is 0 Å². The normalized spacial score (nSPS) is 8.27. The Morgan fingerprint density at radius 2 is 1.27 bits per heavy atom. The van der Waals surface area contributed by atoms with Crippen molar-refractivity contribution in [3.8, 4) is 0 Å². The first-order valence-corrected chi connectivity index (χ1v) is 4.45. The van der Waals surface area contributed by atoms with Gasteiger partial charge in [-0.2, -0.15) is 0 Å². The number of quaternary nitrogens is 1. The third-order valence-corrected chi connectivity index (χ3v) is 0.714. The van der Waals surface area contributed by atoms with Gasteiger partial charge in [-0.05, 0) is 0 Å². The number of carbonyl (C=O) groups is 2. The maximum atomic E-state index is 10.2. The van der Waals surface area contributed by atoms with Gasteiger partial charge in [-0.15, -0.1) is 0 Å². The highest BCUT2D eigenvalue weighted by molar-refractivity contribution is 6.36. The molecule has 0 aliphatic heterocycles. The monoisotopic (exact) mass is 241 g/mol. The molecule has 0 unspecified atom stereocenters. The molecule has 0 amide bonds. The molecule has 0 saturated carbocycles. The summed E-state index contributed by atoms with van der Waals surface area (Å²) in [6.07, 6.45) is 0.329. The molecule has 0 aromatic rings. The zero-order valence-corrected chi connectivity index (χ0v) is 11.6. The molecule has 0 rings (SSSR count). The van der Waals surface area contributed by atoms with Crippen LogP contribution in [0.3, 0.4) is 0 Å². The highest BCUT2D eigenvalue weighted by Gasteiger charge is 2.00. The second kappa shape index (κ2) is 13.5. The SMILES string of the molecule is CCC(=O)C(C)=O.CO.C[N+](C)(C)C.[Cl-]. The number of hydrogen-bond acceptors (Lipinski definition) is 3. The van der Waals surface area contributed by atoms with Crippen molar-refractivity contribution >= 4 is 11.6 Å². The van der Waals surface area contributed by atoms with Crippen LogP contribution in [-0.4, -0.2) is 56.5 Å². The van der Waals surface area contributed by atoms with E-state index in [-0.39, 0.29) is 24.0 Å². The van der Waals surface area contributed by atoms with Gasteiger partial charge in [0.2, 0.25) is 0 Å². The van der Waals surface area contributed by atoms with Crippen LogP contribution in [0.15, 0.2) is 0 Å². The molecule has 0 fully saturated rings. The molecule has 0 spiro atoms. The fraction of sp³-hybridized carbons (Fsp3) is 0.800. The van der Waals surface area contributed by atoms with Crippen molar-refractivity contribution < 1.29 is 31.6 Å². The Morgan fingerprint density at radius 3 is 1.27 bits per heavy atom. The van der Waals surface area contributed by atoms with Gasteiger partial charge < -0.3 is 22.0 Å². The summed E-state index contributed by atoms with van der Waals surface area (Å²) >= 11 is 0. The van der Waals surface area contributed by atoms with Crippen LogP contribution < -0.4 is 12.4 Å². The Labute approximate surface area is 99.3 Å². The second-order valence-electron chi connectivity index (χ2n) is 4.02. The van der Waals surface area contributed by atoms with E-state index in [1.807, 2.05) is 0 Å². The van der Waals surface area contributed by atoms with E-state index < -0.39 is 0 Å². The molecule has 0 saturated heterocycles. The lowest BCUT2D eigenvalue weighted by Gasteiger charge is -2.14. The fourth-order valence-corrected chi connectivity index (χ4v) is 0.249. The van der Waals surface area contributed by atoms with Crippen LogP contribution in [0.1, 0.15) is 20.3 Å². The number of hydrogen-bond donors (Lipinski definition) is 1. The van der Waals surface area contributed by atoms with Gasteiger partial charge in [-0.25, -0.2) is 0 Å². The molecule has 0 atom stereocenters. The fourth-order valence-electron chi connectivity index (χ4n) is 0.249. The number of halogens is 1. The van der Waals surface area contributed by atoms with E-state index in [0.717, 1.165) is 11.6 Å². The first kappa shape index (κ1) is 24.0. The minimum Gasteiger partial charge on any atom is -1.00 e. The van der Waals surface area contributed by atoms with Crippen molar-refractivity contribution in [1.29, 1.82) is 0 Å². The minimum atomic E-state index is -0.345. The molecule has 0 aromatic carbocycles. The Kier molecular flexibility index (Phi) is 21.7. The molecule has 4 nitrogen and oxygen atoms in total. The first-order valence-electron chi connectivity index (χ1n) is 4.45. The second-order valence-corrected chi connectivity index (χ2v) is 4.02. The van der Waals surface area contributed by atoms with E-state index in [9.17, 15) is 9.59 Å². The van der Waals surface area contributed by atoms with E-state index in [0.29, 0.717) is 6.42 Å². The number of nitrogens with zero attached hydrogens (tertiary/aromatic N) is 1. The van der Waals surface area contributed by atoms with Crippen molar-refractivity contribution in [3.05, 3.63) is 0 Å². The topological polar surface area (TPSA) is 54.4 Å². The van der Waals surface area contributed by atoms with E-state index in [4.69, 9.17) is 5.11 Å². The highest BCUT2D eigenvalue weighted by Crippen LogP contribution is 1.79. The summed E-state index contributed by atoms with van der Waals surface area (Å²) in [5.41, 5.74) is 0. The average molecular weight is 242 g/mol. The summed E-state index contributed by atoms with van der Waals surface area (Å²) in [6.45, 7) is 2.95. The van der Waals surface area contributed by atoms with Gasteiger partial charge in [0.15, 0.2) is 11.6 Å². The van der Waals surface area contributed by atoms with Crippen LogP contribution in [0.4, 0.5) is 0 Å². The molecular formula is C10H24ClNO3. The van der Waals surface area contributed by atoms with Gasteiger partial charge in [0, 0.05) is 20.5 Å². The number of carbonyl (C=O) groups excluding carboxylic acids is 2. The number of ketones is 2. The standard InChI is InChI=1S/C5H8O2.C4H12N.CH4O.ClH/c1-3-5(7)4(2)6;1-5(2,3)4;1-2;/h3H2,1-2H3;1-4H3;2H,1H3;1H/q;+1;;/p-1. The molecule has 5 heteroatoms. The van der Waals surface area contributed by atoms with Gasteiger partial charge >= 0.3 is 0 Å². The van der Waals surface area contributed by atoms with Crippen LogP contribution in [0, 0.1) is 0 Å². The quantitative estimate of drug-likeness (QED) is 0.429. The van der Waals surface area contributed by atoms with E-state index in [1.165, 1.54) is 6.92 Å². The molecule has 0 aromatic heterocycles. The van der Waals surface area contributed by atoms with Gasteiger partial charge in [0.25, 0.3) is 0 Å². The van der Waals surface area contributed by atoms with Crippen LogP contribution in [0.2, 0.25) is 0 Å². The third-order valence-electron chi connectivity index (χ3n) is 0.714. The number of rotatable bonds is 2. The van der Waals surface area contributed by atoms with Crippen molar-refractivity contribution in [2.75, 3.05) is 35.3 Å². The summed E-state index contributed by atoms with van der Waals surface area (Å²) in [5.74, 6) is -0.637. The summed E-state index contributed by atoms with van der Waals surface area (Å²) in [6, 6.07) is 0. The average Bonchev–Trinajstić information content (AvgIpc) is 2.03. The summed E-state index contributed by atoms with van der Waals surface area (Å²) in [5, 5.41) is 7.00. The zero-order chi connectivity index (χ0) is 12.4. The first-order chi connectivity index (χ1) is 6.18. The summed E-state index contributed by atoms with van der Waals surface area (Å²) < 4.78 is 1.00.